The standard InChI is InChI=1S/C15H22O4/c1-19-13-10-7-9-12(14(13)15(17)18)8-5-3-2-4-6-11-16/h7,9-10,16H,2-6,8,11H2,1H3,(H,17,18). The highest BCUT2D eigenvalue weighted by atomic mass is 16.5. The van der Waals surface area contributed by atoms with E-state index in [0.717, 1.165) is 44.1 Å². The molecule has 0 heterocycles. The highest BCUT2D eigenvalue weighted by Gasteiger charge is 2.15. The molecule has 0 fully saturated rings. The number of hydrogen-bond acceptors (Lipinski definition) is 3. The van der Waals surface area contributed by atoms with Gasteiger partial charge in [-0.2, -0.15) is 0 Å². The van der Waals surface area contributed by atoms with Gasteiger partial charge in [0.25, 0.3) is 0 Å². The van der Waals surface area contributed by atoms with E-state index in [1.807, 2.05) is 12.1 Å². The molecule has 4 nitrogen and oxygen atoms in total. The number of carbonyl (C=O) groups is 1. The number of aliphatic hydroxyl groups excluding tert-OH is 1. The second kappa shape index (κ2) is 8.53. The topological polar surface area (TPSA) is 66.8 Å². The van der Waals surface area contributed by atoms with Crippen molar-refractivity contribution in [3.8, 4) is 5.75 Å². The van der Waals surface area contributed by atoms with Crippen molar-refractivity contribution in [3.63, 3.8) is 0 Å². The van der Waals surface area contributed by atoms with Crippen LogP contribution in [-0.2, 0) is 6.42 Å². The van der Waals surface area contributed by atoms with E-state index in [-0.39, 0.29) is 12.2 Å². The maximum atomic E-state index is 11.3. The van der Waals surface area contributed by atoms with Crippen LogP contribution in [0.4, 0.5) is 0 Å². The fraction of sp³-hybridized carbons (Fsp3) is 0.533. The Morgan fingerprint density at radius 1 is 1.16 bits per heavy atom. The average Bonchev–Trinajstić information content (AvgIpc) is 2.42. The monoisotopic (exact) mass is 266 g/mol. The van der Waals surface area contributed by atoms with Crippen LogP contribution in [0.25, 0.3) is 0 Å². The molecule has 0 bridgehead atoms. The summed E-state index contributed by atoms with van der Waals surface area (Å²) in [4.78, 5) is 11.3. The first-order chi connectivity index (χ1) is 9.20. The van der Waals surface area contributed by atoms with Crippen molar-refractivity contribution in [1.82, 2.24) is 0 Å². The molecule has 0 radical (unpaired) electrons. The number of carboxylic acid groups (broad SMARTS) is 1. The van der Waals surface area contributed by atoms with Crippen LogP contribution in [0.3, 0.4) is 0 Å². The SMILES string of the molecule is COc1cccc(CCCCCCCO)c1C(=O)O. The summed E-state index contributed by atoms with van der Waals surface area (Å²) in [5, 5.41) is 17.9. The van der Waals surface area contributed by atoms with Gasteiger partial charge in [0.15, 0.2) is 0 Å². The summed E-state index contributed by atoms with van der Waals surface area (Å²) in [5.41, 5.74) is 1.11. The molecule has 0 amide bonds. The van der Waals surface area contributed by atoms with Gasteiger partial charge in [0, 0.05) is 6.61 Å². The van der Waals surface area contributed by atoms with E-state index in [1.54, 1.807) is 6.07 Å². The Morgan fingerprint density at radius 3 is 2.47 bits per heavy atom. The third-order valence-corrected chi connectivity index (χ3v) is 3.15. The fourth-order valence-corrected chi connectivity index (χ4v) is 2.16. The number of rotatable bonds is 9. The minimum absolute atomic E-state index is 0.249. The second-order valence-electron chi connectivity index (χ2n) is 4.54. The summed E-state index contributed by atoms with van der Waals surface area (Å²) in [5.74, 6) is -0.516. The summed E-state index contributed by atoms with van der Waals surface area (Å²) in [6.07, 6.45) is 5.71. The molecule has 19 heavy (non-hydrogen) atoms. The smallest absolute Gasteiger partial charge is 0.339 e. The number of carboxylic acids is 1. The quantitative estimate of drug-likeness (QED) is 0.674. The molecule has 0 unspecified atom stereocenters. The summed E-state index contributed by atoms with van der Waals surface area (Å²) in [7, 11) is 1.49. The van der Waals surface area contributed by atoms with E-state index in [9.17, 15) is 9.90 Å². The molecule has 1 rings (SSSR count). The summed E-state index contributed by atoms with van der Waals surface area (Å²) in [6, 6.07) is 5.35. The molecule has 0 atom stereocenters. The first kappa shape index (κ1) is 15.5. The predicted molar refractivity (Wildman–Crippen MR) is 73.8 cm³/mol. The first-order valence-electron chi connectivity index (χ1n) is 6.70. The molecule has 0 spiro atoms. The maximum absolute atomic E-state index is 11.3. The molecule has 0 aliphatic carbocycles. The normalized spacial score (nSPS) is 10.4. The molecular weight excluding hydrogens is 244 g/mol. The number of benzene rings is 1. The number of aryl methyl sites for hydroxylation is 1. The fourth-order valence-electron chi connectivity index (χ4n) is 2.16. The molecule has 1 aromatic rings. The molecule has 1 aromatic carbocycles. The van der Waals surface area contributed by atoms with Crippen molar-refractivity contribution in [2.45, 2.75) is 38.5 Å². The van der Waals surface area contributed by atoms with E-state index in [4.69, 9.17) is 9.84 Å². The Hall–Kier alpha value is -1.55. The van der Waals surface area contributed by atoms with Crippen LogP contribution in [0.1, 0.15) is 48.0 Å². The molecule has 0 aromatic heterocycles. The zero-order valence-corrected chi connectivity index (χ0v) is 11.4. The van der Waals surface area contributed by atoms with Gasteiger partial charge in [0.2, 0.25) is 0 Å². The van der Waals surface area contributed by atoms with Gasteiger partial charge in [-0.05, 0) is 30.9 Å². The van der Waals surface area contributed by atoms with Gasteiger partial charge >= 0.3 is 5.97 Å². The van der Waals surface area contributed by atoms with Gasteiger partial charge in [0.05, 0.1) is 7.11 Å². The lowest BCUT2D eigenvalue weighted by Gasteiger charge is -2.10. The van der Waals surface area contributed by atoms with E-state index in [1.165, 1.54) is 7.11 Å². The van der Waals surface area contributed by atoms with Gasteiger partial charge in [-0.3, -0.25) is 0 Å². The molecule has 0 saturated carbocycles. The lowest BCUT2D eigenvalue weighted by Crippen LogP contribution is -2.05. The van der Waals surface area contributed by atoms with E-state index < -0.39 is 5.97 Å². The largest absolute Gasteiger partial charge is 0.496 e. The number of methoxy groups -OCH3 is 1. The van der Waals surface area contributed by atoms with Crippen molar-refractivity contribution in [2.24, 2.45) is 0 Å². The first-order valence-corrected chi connectivity index (χ1v) is 6.70. The zero-order chi connectivity index (χ0) is 14.1. The van der Waals surface area contributed by atoms with Crippen LogP contribution >= 0.6 is 0 Å². The predicted octanol–water partition coefficient (Wildman–Crippen LogP) is 2.88. The highest BCUT2D eigenvalue weighted by molar-refractivity contribution is 5.92. The number of aromatic carboxylic acids is 1. The van der Waals surface area contributed by atoms with Crippen LogP contribution in [0, 0.1) is 0 Å². The van der Waals surface area contributed by atoms with Crippen molar-refractivity contribution in [3.05, 3.63) is 29.3 Å². The lowest BCUT2D eigenvalue weighted by molar-refractivity contribution is 0.0692. The van der Waals surface area contributed by atoms with Crippen LogP contribution in [0.15, 0.2) is 18.2 Å². The highest BCUT2D eigenvalue weighted by Crippen LogP contribution is 2.24. The Balaban J connectivity index is 2.55. The Kier molecular flexibility index (Phi) is 6.97. The Labute approximate surface area is 114 Å². The van der Waals surface area contributed by atoms with Crippen molar-refractivity contribution < 1.29 is 19.7 Å². The molecule has 0 saturated heterocycles. The third-order valence-electron chi connectivity index (χ3n) is 3.15. The number of aliphatic hydroxyl groups is 1. The summed E-state index contributed by atoms with van der Waals surface area (Å²) >= 11 is 0. The second-order valence-corrected chi connectivity index (χ2v) is 4.54. The number of ether oxygens (including phenoxy) is 1. The zero-order valence-electron chi connectivity index (χ0n) is 11.4. The minimum atomic E-state index is -0.937. The Bertz CT molecular complexity index is 401. The van der Waals surface area contributed by atoms with Crippen molar-refractivity contribution >= 4 is 5.97 Å². The van der Waals surface area contributed by atoms with E-state index >= 15 is 0 Å². The minimum Gasteiger partial charge on any atom is -0.496 e. The van der Waals surface area contributed by atoms with Gasteiger partial charge in [-0.1, -0.05) is 31.4 Å². The van der Waals surface area contributed by atoms with Crippen molar-refractivity contribution in [2.75, 3.05) is 13.7 Å². The van der Waals surface area contributed by atoms with Crippen molar-refractivity contribution in [1.29, 1.82) is 0 Å². The Morgan fingerprint density at radius 2 is 1.84 bits per heavy atom. The molecule has 106 valence electrons. The van der Waals surface area contributed by atoms with Gasteiger partial charge < -0.3 is 14.9 Å². The van der Waals surface area contributed by atoms with Gasteiger partial charge in [-0.25, -0.2) is 4.79 Å². The summed E-state index contributed by atoms with van der Waals surface area (Å²) < 4.78 is 5.10. The maximum Gasteiger partial charge on any atom is 0.339 e. The third kappa shape index (κ3) is 4.91. The van der Waals surface area contributed by atoms with Crippen LogP contribution in [0.2, 0.25) is 0 Å². The summed E-state index contributed by atoms with van der Waals surface area (Å²) in [6.45, 7) is 0.249. The number of unbranched alkanes of at least 4 members (excludes halogenated alkanes) is 4. The molecule has 0 aliphatic rings. The van der Waals surface area contributed by atoms with E-state index in [0.29, 0.717) is 5.75 Å². The lowest BCUT2D eigenvalue weighted by atomic mass is 10.00. The van der Waals surface area contributed by atoms with Crippen LogP contribution in [-0.4, -0.2) is 29.9 Å². The van der Waals surface area contributed by atoms with Gasteiger partial charge in [0.1, 0.15) is 11.3 Å². The van der Waals surface area contributed by atoms with Gasteiger partial charge in [-0.15, -0.1) is 0 Å². The molecule has 2 N–H and O–H groups in total. The van der Waals surface area contributed by atoms with Crippen LogP contribution < -0.4 is 4.74 Å². The molecular formula is C15H22O4. The van der Waals surface area contributed by atoms with E-state index in [2.05, 4.69) is 0 Å². The average molecular weight is 266 g/mol. The molecule has 4 heteroatoms. The molecule has 0 aliphatic heterocycles. The number of hydrogen-bond donors (Lipinski definition) is 2. The van der Waals surface area contributed by atoms with Crippen LogP contribution in [0.5, 0.6) is 5.75 Å².